The number of carboxylic acid groups (broad SMARTS) is 1. The topological polar surface area (TPSA) is 40.5 Å². The molecule has 1 N–H and O–H groups in total. The van der Waals surface area contributed by atoms with Crippen LogP contribution >= 0.6 is 11.8 Å². The maximum Gasteiger partial charge on any atom is 0.336 e. The molecule has 0 spiro atoms. The summed E-state index contributed by atoms with van der Waals surface area (Å²) >= 11 is 2.04. The van der Waals surface area contributed by atoms with Crippen molar-refractivity contribution >= 4 is 23.4 Å². The lowest BCUT2D eigenvalue weighted by molar-refractivity contribution is 0.0695. The number of hydrogen-bond acceptors (Lipinski definition) is 3. The fourth-order valence-electron chi connectivity index (χ4n) is 3.13. The second-order valence-corrected chi connectivity index (χ2v) is 6.54. The first kappa shape index (κ1) is 12.9. The van der Waals surface area contributed by atoms with Gasteiger partial charge in [-0.05, 0) is 54.4 Å². The average Bonchev–Trinajstić information content (AvgIpc) is 2.91. The Hall–Kier alpha value is -1.16. The first-order chi connectivity index (χ1) is 9.25. The van der Waals surface area contributed by atoms with Crippen molar-refractivity contribution in [1.82, 2.24) is 0 Å². The molecule has 0 aliphatic carbocycles. The smallest absolute Gasteiger partial charge is 0.336 e. The van der Waals surface area contributed by atoms with Crippen molar-refractivity contribution < 1.29 is 9.90 Å². The number of benzene rings is 1. The molecule has 3 nitrogen and oxygen atoms in total. The van der Waals surface area contributed by atoms with Crippen molar-refractivity contribution in [2.45, 2.75) is 19.3 Å². The molecule has 1 saturated heterocycles. The van der Waals surface area contributed by atoms with Gasteiger partial charge in [0.25, 0.3) is 0 Å². The van der Waals surface area contributed by atoms with Crippen molar-refractivity contribution in [3.05, 3.63) is 29.3 Å². The molecule has 1 aromatic rings. The monoisotopic (exact) mass is 277 g/mol. The van der Waals surface area contributed by atoms with E-state index in [2.05, 4.69) is 11.0 Å². The number of nitrogens with zero attached hydrogens (tertiary/aromatic N) is 1. The third kappa shape index (κ3) is 2.59. The number of carboxylic acids is 1. The Morgan fingerprint density at radius 2 is 2.37 bits per heavy atom. The van der Waals surface area contributed by atoms with Gasteiger partial charge in [-0.3, -0.25) is 0 Å². The highest BCUT2D eigenvalue weighted by Gasteiger charge is 2.25. The molecule has 0 amide bonds. The van der Waals surface area contributed by atoms with Crippen LogP contribution in [0.2, 0.25) is 0 Å². The lowest BCUT2D eigenvalue weighted by Crippen LogP contribution is -2.34. The lowest BCUT2D eigenvalue weighted by Gasteiger charge is -2.33. The minimum Gasteiger partial charge on any atom is -0.478 e. The molecule has 2 heterocycles. The standard InChI is InChI=1S/C15H19NO2S/c17-15(18)13-3-1-5-14-12(13)4-2-7-16(14)9-11-6-8-19-10-11/h1,3,5,11H,2,4,6-10H2,(H,17,18). The minimum absolute atomic E-state index is 0.489. The third-order valence-electron chi connectivity index (χ3n) is 4.08. The van der Waals surface area contributed by atoms with E-state index in [4.69, 9.17) is 0 Å². The zero-order valence-corrected chi connectivity index (χ0v) is 11.8. The molecule has 0 aromatic heterocycles. The largest absolute Gasteiger partial charge is 0.478 e. The maximum absolute atomic E-state index is 11.3. The normalized spacial score (nSPS) is 22.3. The van der Waals surface area contributed by atoms with Gasteiger partial charge in [-0.25, -0.2) is 4.79 Å². The Morgan fingerprint density at radius 1 is 1.47 bits per heavy atom. The summed E-state index contributed by atoms with van der Waals surface area (Å²) in [6.45, 7) is 2.15. The Balaban J connectivity index is 1.87. The van der Waals surface area contributed by atoms with Gasteiger partial charge in [0.05, 0.1) is 5.56 Å². The van der Waals surface area contributed by atoms with Gasteiger partial charge >= 0.3 is 5.97 Å². The molecule has 102 valence electrons. The molecule has 4 heteroatoms. The molecule has 3 rings (SSSR count). The molecule has 0 saturated carbocycles. The van der Waals surface area contributed by atoms with Crippen molar-refractivity contribution in [3.63, 3.8) is 0 Å². The Labute approximate surface area is 118 Å². The molecular weight excluding hydrogens is 258 g/mol. The van der Waals surface area contributed by atoms with E-state index < -0.39 is 5.97 Å². The predicted molar refractivity (Wildman–Crippen MR) is 79.4 cm³/mol. The summed E-state index contributed by atoms with van der Waals surface area (Å²) in [7, 11) is 0. The zero-order chi connectivity index (χ0) is 13.2. The van der Waals surface area contributed by atoms with Gasteiger partial charge in [0, 0.05) is 18.8 Å². The van der Waals surface area contributed by atoms with E-state index in [9.17, 15) is 9.90 Å². The van der Waals surface area contributed by atoms with Crippen LogP contribution in [0.5, 0.6) is 0 Å². The lowest BCUT2D eigenvalue weighted by atomic mass is 9.95. The van der Waals surface area contributed by atoms with Crippen LogP contribution in [0, 0.1) is 5.92 Å². The first-order valence-electron chi connectivity index (χ1n) is 6.93. The highest BCUT2D eigenvalue weighted by molar-refractivity contribution is 7.99. The van der Waals surface area contributed by atoms with Crippen LogP contribution in [0.25, 0.3) is 0 Å². The molecular formula is C15H19NO2S. The fourth-order valence-corrected chi connectivity index (χ4v) is 4.40. The molecule has 2 aliphatic heterocycles. The zero-order valence-electron chi connectivity index (χ0n) is 11.0. The van der Waals surface area contributed by atoms with Gasteiger partial charge in [0.15, 0.2) is 0 Å². The van der Waals surface area contributed by atoms with Gasteiger partial charge in [-0.15, -0.1) is 0 Å². The predicted octanol–water partition coefficient (Wildman–Crippen LogP) is 2.89. The van der Waals surface area contributed by atoms with Crippen molar-refractivity contribution in [2.75, 3.05) is 29.5 Å². The summed E-state index contributed by atoms with van der Waals surface area (Å²) in [6.07, 6.45) is 3.26. The molecule has 19 heavy (non-hydrogen) atoms. The highest BCUT2D eigenvalue weighted by atomic mass is 32.2. The quantitative estimate of drug-likeness (QED) is 0.922. The Morgan fingerprint density at radius 3 is 3.11 bits per heavy atom. The van der Waals surface area contributed by atoms with Crippen LogP contribution in [-0.4, -0.2) is 35.7 Å². The van der Waals surface area contributed by atoms with Crippen molar-refractivity contribution in [3.8, 4) is 0 Å². The summed E-state index contributed by atoms with van der Waals surface area (Å²) in [4.78, 5) is 13.7. The molecule has 1 fully saturated rings. The molecule has 2 aliphatic rings. The number of fused-ring (bicyclic) bond motifs is 1. The highest BCUT2D eigenvalue weighted by Crippen LogP contribution is 2.32. The van der Waals surface area contributed by atoms with E-state index in [1.807, 2.05) is 17.8 Å². The van der Waals surface area contributed by atoms with E-state index in [0.717, 1.165) is 43.1 Å². The SMILES string of the molecule is O=C(O)c1cccc2c1CCCN2CC1CCSC1. The van der Waals surface area contributed by atoms with Gasteiger partial charge < -0.3 is 10.0 Å². The summed E-state index contributed by atoms with van der Waals surface area (Å²) in [5, 5.41) is 9.29. The summed E-state index contributed by atoms with van der Waals surface area (Å²) in [5.74, 6) is 2.50. The van der Waals surface area contributed by atoms with E-state index in [-0.39, 0.29) is 0 Å². The molecule has 1 unspecified atom stereocenters. The van der Waals surface area contributed by atoms with Crippen LogP contribution in [0.15, 0.2) is 18.2 Å². The van der Waals surface area contributed by atoms with E-state index in [1.165, 1.54) is 17.9 Å². The fraction of sp³-hybridized carbons (Fsp3) is 0.533. The molecule has 1 atom stereocenters. The van der Waals surface area contributed by atoms with Crippen LogP contribution in [0.1, 0.15) is 28.8 Å². The summed E-state index contributed by atoms with van der Waals surface area (Å²) in [5.41, 5.74) is 2.68. The summed E-state index contributed by atoms with van der Waals surface area (Å²) < 4.78 is 0. The van der Waals surface area contributed by atoms with Gasteiger partial charge in [-0.1, -0.05) is 6.07 Å². The van der Waals surface area contributed by atoms with E-state index in [0.29, 0.717) is 5.56 Å². The second kappa shape index (κ2) is 5.45. The maximum atomic E-state index is 11.3. The number of thioether (sulfide) groups is 1. The third-order valence-corrected chi connectivity index (χ3v) is 5.31. The average molecular weight is 277 g/mol. The van der Waals surface area contributed by atoms with E-state index >= 15 is 0 Å². The molecule has 1 aromatic carbocycles. The van der Waals surface area contributed by atoms with Crippen molar-refractivity contribution in [1.29, 1.82) is 0 Å². The first-order valence-corrected chi connectivity index (χ1v) is 8.09. The van der Waals surface area contributed by atoms with Crippen LogP contribution in [-0.2, 0) is 6.42 Å². The van der Waals surface area contributed by atoms with Crippen LogP contribution in [0.4, 0.5) is 5.69 Å². The number of aromatic carboxylic acids is 1. The van der Waals surface area contributed by atoms with Crippen LogP contribution < -0.4 is 4.90 Å². The Kier molecular flexibility index (Phi) is 3.69. The van der Waals surface area contributed by atoms with Gasteiger partial charge in [-0.2, -0.15) is 11.8 Å². The van der Waals surface area contributed by atoms with Crippen molar-refractivity contribution in [2.24, 2.45) is 5.92 Å². The summed E-state index contributed by atoms with van der Waals surface area (Å²) in [6, 6.07) is 5.70. The number of anilines is 1. The van der Waals surface area contributed by atoms with Crippen LogP contribution in [0.3, 0.4) is 0 Å². The molecule has 0 radical (unpaired) electrons. The van der Waals surface area contributed by atoms with Gasteiger partial charge in [0.2, 0.25) is 0 Å². The number of rotatable bonds is 3. The number of carbonyl (C=O) groups is 1. The van der Waals surface area contributed by atoms with E-state index in [1.54, 1.807) is 6.07 Å². The second-order valence-electron chi connectivity index (χ2n) is 5.39. The van der Waals surface area contributed by atoms with Gasteiger partial charge in [0.1, 0.15) is 0 Å². The number of hydrogen-bond donors (Lipinski definition) is 1. The molecule has 0 bridgehead atoms. The Bertz CT molecular complexity index is 483. The minimum atomic E-state index is -0.796.